The SMILES string of the molecule is Cc1ccc(C(=O)N2CCC(NC(=O)OC(C)(C)C)CC2)cc1S(=O)(=O)NCc1ccccc1. The molecule has 2 aromatic rings. The van der Waals surface area contributed by atoms with Gasteiger partial charge < -0.3 is 15.0 Å². The smallest absolute Gasteiger partial charge is 0.407 e. The molecule has 2 N–H and O–H groups in total. The Labute approximate surface area is 201 Å². The number of benzene rings is 2. The van der Waals surface area contributed by atoms with Crippen LogP contribution in [0.3, 0.4) is 0 Å². The number of nitrogens with one attached hydrogen (secondary N) is 2. The number of carbonyl (C=O) groups is 2. The summed E-state index contributed by atoms with van der Waals surface area (Å²) in [7, 11) is -3.80. The molecule has 9 heteroatoms. The highest BCUT2D eigenvalue weighted by Gasteiger charge is 2.27. The van der Waals surface area contributed by atoms with Crippen molar-refractivity contribution in [2.24, 2.45) is 0 Å². The van der Waals surface area contributed by atoms with Crippen molar-refractivity contribution in [3.05, 3.63) is 65.2 Å². The molecule has 0 saturated carbocycles. The van der Waals surface area contributed by atoms with Crippen LogP contribution in [0.15, 0.2) is 53.4 Å². The van der Waals surface area contributed by atoms with Crippen LogP contribution in [-0.2, 0) is 21.3 Å². The predicted octanol–water partition coefficient (Wildman–Crippen LogP) is 3.60. The predicted molar refractivity (Wildman–Crippen MR) is 130 cm³/mol. The first kappa shape index (κ1) is 25.7. The number of sulfonamides is 1. The molecule has 0 unspecified atom stereocenters. The zero-order chi connectivity index (χ0) is 24.9. The van der Waals surface area contributed by atoms with E-state index in [1.54, 1.807) is 44.7 Å². The van der Waals surface area contributed by atoms with Crippen molar-refractivity contribution in [2.75, 3.05) is 13.1 Å². The van der Waals surface area contributed by atoms with Crippen LogP contribution >= 0.6 is 0 Å². The minimum Gasteiger partial charge on any atom is -0.444 e. The molecule has 0 bridgehead atoms. The average molecular weight is 488 g/mol. The van der Waals surface area contributed by atoms with Crippen LogP contribution in [0.1, 0.15) is 55.1 Å². The first-order valence-electron chi connectivity index (χ1n) is 11.4. The molecule has 0 atom stereocenters. The van der Waals surface area contributed by atoms with Crippen LogP contribution < -0.4 is 10.0 Å². The van der Waals surface area contributed by atoms with Crippen LogP contribution in [0.4, 0.5) is 4.79 Å². The number of amides is 2. The highest BCUT2D eigenvalue weighted by Crippen LogP contribution is 2.21. The quantitative estimate of drug-likeness (QED) is 0.648. The van der Waals surface area contributed by atoms with E-state index in [0.29, 0.717) is 37.1 Å². The Kier molecular flexibility index (Phi) is 7.99. The first-order chi connectivity index (χ1) is 15.9. The number of likely N-dealkylation sites (tertiary alicyclic amines) is 1. The Morgan fingerprint density at radius 3 is 2.32 bits per heavy atom. The fraction of sp³-hybridized carbons (Fsp3) is 0.440. The summed E-state index contributed by atoms with van der Waals surface area (Å²) in [6, 6.07) is 13.9. The van der Waals surface area contributed by atoms with Gasteiger partial charge in [0.15, 0.2) is 0 Å². The summed E-state index contributed by atoms with van der Waals surface area (Å²) >= 11 is 0. The number of alkyl carbamates (subject to hydrolysis) is 1. The van der Waals surface area contributed by atoms with Gasteiger partial charge in [0.2, 0.25) is 10.0 Å². The van der Waals surface area contributed by atoms with Gasteiger partial charge in [0.25, 0.3) is 5.91 Å². The summed E-state index contributed by atoms with van der Waals surface area (Å²) in [5.74, 6) is -0.227. The molecule has 34 heavy (non-hydrogen) atoms. The molecular weight excluding hydrogens is 454 g/mol. The molecule has 8 nitrogen and oxygen atoms in total. The van der Waals surface area contributed by atoms with E-state index in [0.717, 1.165) is 5.56 Å². The molecule has 1 heterocycles. The molecule has 0 spiro atoms. The Balaban J connectivity index is 1.63. The number of ether oxygens (including phenoxy) is 1. The van der Waals surface area contributed by atoms with Crippen molar-refractivity contribution >= 4 is 22.0 Å². The number of hydrogen-bond donors (Lipinski definition) is 2. The van der Waals surface area contributed by atoms with E-state index in [2.05, 4.69) is 10.0 Å². The lowest BCUT2D eigenvalue weighted by Crippen LogP contribution is -2.47. The lowest BCUT2D eigenvalue weighted by atomic mass is 10.0. The maximum absolute atomic E-state index is 13.1. The zero-order valence-corrected chi connectivity index (χ0v) is 20.9. The minimum atomic E-state index is -3.80. The number of carbonyl (C=O) groups excluding carboxylic acids is 2. The van der Waals surface area contributed by atoms with Crippen molar-refractivity contribution < 1.29 is 22.7 Å². The van der Waals surface area contributed by atoms with E-state index in [4.69, 9.17) is 4.74 Å². The summed E-state index contributed by atoms with van der Waals surface area (Å²) < 4.78 is 33.8. The molecular formula is C25H33N3O5S. The summed E-state index contributed by atoms with van der Waals surface area (Å²) in [6.07, 6.45) is 0.731. The van der Waals surface area contributed by atoms with E-state index >= 15 is 0 Å². The van der Waals surface area contributed by atoms with Crippen LogP contribution in [0.25, 0.3) is 0 Å². The van der Waals surface area contributed by atoms with Gasteiger partial charge in [0, 0.05) is 31.2 Å². The lowest BCUT2D eigenvalue weighted by molar-refractivity contribution is 0.0473. The molecule has 0 aromatic heterocycles. The van der Waals surface area contributed by atoms with Gasteiger partial charge in [-0.1, -0.05) is 36.4 Å². The van der Waals surface area contributed by atoms with Crippen molar-refractivity contribution in [1.29, 1.82) is 0 Å². The van der Waals surface area contributed by atoms with E-state index in [-0.39, 0.29) is 23.4 Å². The lowest BCUT2D eigenvalue weighted by Gasteiger charge is -2.33. The van der Waals surface area contributed by atoms with Gasteiger partial charge in [-0.3, -0.25) is 4.79 Å². The topological polar surface area (TPSA) is 105 Å². The summed E-state index contributed by atoms with van der Waals surface area (Å²) in [6.45, 7) is 8.21. The molecule has 1 aliphatic rings. The van der Waals surface area contributed by atoms with E-state index in [9.17, 15) is 18.0 Å². The summed E-state index contributed by atoms with van der Waals surface area (Å²) in [5, 5.41) is 2.85. The second-order valence-corrected chi connectivity index (χ2v) is 11.2. The molecule has 3 rings (SSSR count). The number of aryl methyl sites for hydroxylation is 1. The molecule has 1 aliphatic heterocycles. The Morgan fingerprint density at radius 1 is 1.06 bits per heavy atom. The number of piperidine rings is 1. The van der Waals surface area contributed by atoms with Gasteiger partial charge in [-0.2, -0.15) is 0 Å². The van der Waals surface area contributed by atoms with E-state index in [1.807, 2.05) is 30.3 Å². The van der Waals surface area contributed by atoms with Gasteiger partial charge in [-0.25, -0.2) is 17.9 Å². The van der Waals surface area contributed by atoms with Crippen LogP contribution in [-0.4, -0.2) is 50.1 Å². The molecule has 1 saturated heterocycles. The third-order valence-electron chi connectivity index (χ3n) is 5.54. The molecule has 1 fully saturated rings. The van der Waals surface area contributed by atoms with Crippen molar-refractivity contribution in [3.63, 3.8) is 0 Å². The second kappa shape index (κ2) is 10.6. The maximum atomic E-state index is 13.1. The number of nitrogens with zero attached hydrogens (tertiary/aromatic N) is 1. The van der Waals surface area contributed by atoms with E-state index < -0.39 is 21.7 Å². The largest absolute Gasteiger partial charge is 0.444 e. The van der Waals surface area contributed by atoms with Crippen LogP contribution in [0, 0.1) is 6.92 Å². The monoisotopic (exact) mass is 487 g/mol. The van der Waals surface area contributed by atoms with Crippen molar-refractivity contribution in [1.82, 2.24) is 14.9 Å². The Bertz CT molecular complexity index is 1120. The standard InChI is InChI=1S/C25H33N3O5S/c1-18-10-11-20(16-22(18)34(31,32)26-17-19-8-6-5-7-9-19)23(29)28-14-12-21(13-15-28)27-24(30)33-25(2,3)4/h5-11,16,21,26H,12-15,17H2,1-4H3,(H,27,30). The maximum Gasteiger partial charge on any atom is 0.407 e. The average Bonchev–Trinajstić information content (AvgIpc) is 2.77. The van der Waals surface area contributed by atoms with Gasteiger partial charge in [-0.05, 0) is 63.8 Å². The summed E-state index contributed by atoms with van der Waals surface area (Å²) in [5.41, 5.74) is 1.17. The molecule has 2 aromatic carbocycles. The summed E-state index contributed by atoms with van der Waals surface area (Å²) in [4.78, 5) is 26.9. The van der Waals surface area contributed by atoms with Gasteiger partial charge in [0.05, 0.1) is 4.90 Å². The van der Waals surface area contributed by atoms with Gasteiger partial charge in [0.1, 0.15) is 5.60 Å². The normalized spacial score (nSPS) is 15.1. The van der Waals surface area contributed by atoms with Crippen LogP contribution in [0.5, 0.6) is 0 Å². The number of rotatable bonds is 6. The highest BCUT2D eigenvalue weighted by molar-refractivity contribution is 7.89. The van der Waals surface area contributed by atoms with E-state index in [1.165, 1.54) is 6.07 Å². The van der Waals surface area contributed by atoms with Crippen LogP contribution in [0.2, 0.25) is 0 Å². The number of hydrogen-bond acceptors (Lipinski definition) is 5. The van der Waals surface area contributed by atoms with Crippen molar-refractivity contribution in [2.45, 2.75) is 63.6 Å². The van der Waals surface area contributed by atoms with Crippen molar-refractivity contribution in [3.8, 4) is 0 Å². The fourth-order valence-corrected chi connectivity index (χ4v) is 5.04. The highest BCUT2D eigenvalue weighted by atomic mass is 32.2. The molecule has 184 valence electrons. The fourth-order valence-electron chi connectivity index (χ4n) is 3.76. The van der Waals surface area contributed by atoms with Gasteiger partial charge >= 0.3 is 6.09 Å². The minimum absolute atomic E-state index is 0.0740. The first-order valence-corrected chi connectivity index (χ1v) is 12.9. The third kappa shape index (κ3) is 7.04. The Hall–Kier alpha value is -2.91. The van der Waals surface area contributed by atoms with Gasteiger partial charge in [-0.15, -0.1) is 0 Å². The zero-order valence-electron chi connectivity index (χ0n) is 20.1. The Morgan fingerprint density at radius 2 is 1.71 bits per heavy atom. The molecule has 0 radical (unpaired) electrons. The molecule has 2 amide bonds. The second-order valence-electron chi connectivity index (χ2n) is 9.50. The third-order valence-corrected chi connectivity index (χ3v) is 7.08. The molecule has 0 aliphatic carbocycles.